The van der Waals surface area contributed by atoms with Gasteiger partial charge in [0, 0.05) is 38.1 Å². The number of hydrogen-bond donors (Lipinski definition) is 1. The minimum absolute atomic E-state index is 0.313. The maximum atomic E-state index is 10.4. The third-order valence-electron chi connectivity index (χ3n) is 4.78. The third-order valence-corrected chi connectivity index (χ3v) is 4.78. The first-order valence-electron chi connectivity index (χ1n) is 10.1. The summed E-state index contributed by atoms with van der Waals surface area (Å²) < 4.78 is 7.94. The van der Waals surface area contributed by atoms with Gasteiger partial charge in [-0.05, 0) is 23.3 Å². The Labute approximate surface area is 173 Å². The Balaban J connectivity index is 1.52. The second-order valence-corrected chi connectivity index (χ2v) is 7.25. The van der Waals surface area contributed by atoms with Crippen LogP contribution >= 0.6 is 0 Å². The molecule has 0 aliphatic rings. The largest absolute Gasteiger partial charge is 0.389 e. The molecule has 2 aromatic carbocycles. The van der Waals surface area contributed by atoms with E-state index in [-0.39, 0.29) is 0 Å². The van der Waals surface area contributed by atoms with E-state index in [0.29, 0.717) is 26.3 Å². The maximum absolute atomic E-state index is 10.4. The van der Waals surface area contributed by atoms with Crippen molar-refractivity contribution in [3.8, 4) is 0 Å². The van der Waals surface area contributed by atoms with E-state index in [0.717, 1.165) is 18.7 Å². The van der Waals surface area contributed by atoms with Crippen molar-refractivity contribution in [2.45, 2.75) is 25.8 Å². The van der Waals surface area contributed by atoms with Crippen LogP contribution in [0.5, 0.6) is 0 Å². The highest BCUT2D eigenvalue weighted by molar-refractivity contribution is 5.18. The molecule has 3 aromatic rings. The quantitative estimate of drug-likeness (QED) is 0.473. The van der Waals surface area contributed by atoms with Crippen LogP contribution in [-0.2, 0) is 24.4 Å². The standard InChI is InChI=1S/C25H30N2O2/c1-2-15-26(19-25(28)21-29-20-23-12-7-4-8-13-23)18-24-14-9-16-27(24)17-22-10-5-3-6-11-22/h2-14,16,25,28H,1,15,17-21H2/t25-/m1/s1. The molecular formula is C25H30N2O2. The summed E-state index contributed by atoms with van der Waals surface area (Å²) in [5, 5.41) is 10.4. The number of nitrogens with zero attached hydrogens (tertiary/aromatic N) is 2. The van der Waals surface area contributed by atoms with Crippen molar-refractivity contribution in [2.24, 2.45) is 0 Å². The van der Waals surface area contributed by atoms with Crippen LogP contribution in [0.4, 0.5) is 0 Å². The lowest BCUT2D eigenvalue weighted by molar-refractivity contribution is 0.0101. The predicted molar refractivity (Wildman–Crippen MR) is 118 cm³/mol. The van der Waals surface area contributed by atoms with Crippen molar-refractivity contribution in [3.63, 3.8) is 0 Å². The van der Waals surface area contributed by atoms with Gasteiger partial charge >= 0.3 is 0 Å². The Morgan fingerprint density at radius 2 is 1.66 bits per heavy atom. The summed E-state index contributed by atoms with van der Waals surface area (Å²) in [5.74, 6) is 0. The highest BCUT2D eigenvalue weighted by Gasteiger charge is 2.13. The monoisotopic (exact) mass is 390 g/mol. The molecule has 0 aliphatic heterocycles. The summed E-state index contributed by atoms with van der Waals surface area (Å²) in [5.41, 5.74) is 3.60. The molecule has 0 unspecified atom stereocenters. The SMILES string of the molecule is C=CCN(Cc1cccn1Cc1ccccc1)C[C@@H](O)COCc1ccccc1. The minimum Gasteiger partial charge on any atom is -0.389 e. The lowest BCUT2D eigenvalue weighted by Gasteiger charge is -2.24. The average molecular weight is 391 g/mol. The second kappa shape index (κ2) is 11.4. The molecule has 0 radical (unpaired) electrons. The van der Waals surface area contributed by atoms with Gasteiger partial charge in [0.15, 0.2) is 0 Å². The number of ether oxygens (including phenoxy) is 1. The molecule has 152 valence electrons. The Bertz CT molecular complexity index is 846. The lowest BCUT2D eigenvalue weighted by Crippen LogP contribution is -2.35. The zero-order chi connectivity index (χ0) is 20.3. The van der Waals surface area contributed by atoms with E-state index in [1.807, 2.05) is 42.5 Å². The molecular weight excluding hydrogens is 360 g/mol. The zero-order valence-electron chi connectivity index (χ0n) is 16.9. The summed E-state index contributed by atoms with van der Waals surface area (Å²) in [4.78, 5) is 2.19. The molecule has 0 spiro atoms. The first-order chi connectivity index (χ1) is 14.2. The van der Waals surface area contributed by atoms with Crippen molar-refractivity contribution in [1.29, 1.82) is 0 Å². The number of aliphatic hydroxyl groups is 1. The molecule has 0 amide bonds. The van der Waals surface area contributed by atoms with Gasteiger partial charge in [0.25, 0.3) is 0 Å². The van der Waals surface area contributed by atoms with Crippen LogP contribution < -0.4 is 0 Å². The van der Waals surface area contributed by atoms with E-state index in [4.69, 9.17) is 4.74 Å². The molecule has 0 bridgehead atoms. The topological polar surface area (TPSA) is 37.6 Å². The molecule has 1 atom stereocenters. The van der Waals surface area contributed by atoms with Crippen LogP contribution in [0.1, 0.15) is 16.8 Å². The molecule has 1 aromatic heterocycles. The van der Waals surface area contributed by atoms with E-state index in [2.05, 4.69) is 58.6 Å². The van der Waals surface area contributed by atoms with Crippen molar-refractivity contribution in [3.05, 3.63) is 108 Å². The van der Waals surface area contributed by atoms with Gasteiger partial charge in [-0.1, -0.05) is 66.7 Å². The van der Waals surface area contributed by atoms with Crippen molar-refractivity contribution in [2.75, 3.05) is 19.7 Å². The predicted octanol–water partition coefficient (Wildman–Crippen LogP) is 4.10. The van der Waals surface area contributed by atoms with Gasteiger partial charge in [-0.3, -0.25) is 4.90 Å². The number of benzene rings is 2. The molecule has 0 fully saturated rings. The number of hydrogen-bond acceptors (Lipinski definition) is 3. The summed E-state index contributed by atoms with van der Waals surface area (Å²) >= 11 is 0. The van der Waals surface area contributed by atoms with Crippen molar-refractivity contribution < 1.29 is 9.84 Å². The number of aromatic nitrogens is 1. The van der Waals surface area contributed by atoms with Crippen LogP contribution in [-0.4, -0.2) is 40.4 Å². The second-order valence-electron chi connectivity index (χ2n) is 7.25. The molecule has 3 rings (SSSR count). The van der Waals surface area contributed by atoms with E-state index in [1.54, 1.807) is 0 Å². The third kappa shape index (κ3) is 7.02. The summed E-state index contributed by atoms with van der Waals surface area (Å²) in [7, 11) is 0. The lowest BCUT2D eigenvalue weighted by atomic mass is 10.2. The van der Waals surface area contributed by atoms with Gasteiger partial charge in [0.2, 0.25) is 0 Å². The molecule has 0 saturated heterocycles. The van der Waals surface area contributed by atoms with Crippen LogP contribution in [0.2, 0.25) is 0 Å². The van der Waals surface area contributed by atoms with E-state index in [9.17, 15) is 5.11 Å². The highest BCUT2D eigenvalue weighted by Crippen LogP contribution is 2.11. The average Bonchev–Trinajstić information content (AvgIpc) is 3.16. The van der Waals surface area contributed by atoms with Gasteiger partial charge in [0.05, 0.1) is 19.3 Å². The summed E-state index contributed by atoms with van der Waals surface area (Å²) in [6.07, 6.45) is 3.44. The molecule has 4 nitrogen and oxygen atoms in total. The van der Waals surface area contributed by atoms with Crippen LogP contribution in [0, 0.1) is 0 Å². The van der Waals surface area contributed by atoms with Gasteiger partial charge in [0.1, 0.15) is 0 Å². The Hall–Kier alpha value is -2.66. The Kier molecular flexibility index (Phi) is 8.25. The smallest absolute Gasteiger partial charge is 0.0900 e. The molecule has 0 saturated carbocycles. The highest BCUT2D eigenvalue weighted by atomic mass is 16.5. The van der Waals surface area contributed by atoms with Crippen LogP contribution in [0.3, 0.4) is 0 Å². The first kappa shape index (κ1) is 21.1. The van der Waals surface area contributed by atoms with E-state index >= 15 is 0 Å². The fraction of sp³-hybridized carbons (Fsp3) is 0.280. The van der Waals surface area contributed by atoms with Crippen molar-refractivity contribution >= 4 is 0 Å². The first-order valence-corrected chi connectivity index (χ1v) is 10.1. The summed E-state index contributed by atoms with van der Waals surface area (Å²) in [6.45, 7) is 7.54. The van der Waals surface area contributed by atoms with Gasteiger partial charge in [-0.25, -0.2) is 0 Å². The molecule has 4 heteroatoms. The van der Waals surface area contributed by atoms with E-state index < -0.39 is 6.10 Å². The molecule has 1 heterocycles. The van der Waals surface area contributed by atoms with Crippen LogP contribution in [0.25, 0.3) is 0 Å². The fourth-order valence-electron chi connectivity index (χ4n) is 3.38. The number of aliphatic hydroxyl groups excluding tert-OH is 1. The van der Waals surface area contributed by atoms with Gasteiger partial charge in [-0.15, -0.1) is 6.58 Å². The fourth-order valence-corrected chi connectivity index (χ4v) is 3.38. The molecule has 29 heavy (non-hydrogen) atoms. The van der Waals surface area contributed by atoms with Crippen molar-refractivity contribution in [1.82, 2.24) is 9.47 Å². The normalized spacial score (nSPS) is 12.2. The van der Waals surface area contributed by atoms with Gasteiger partial charge < -0.3 is 14.4 Å². The Morgan fingerprint density at radius 1 is 0.966 bits per heavy atom. The zero-order valence-corrected chi connectivity index (χ0v) is 16.9. The van der Waals surface area contributed by atoms with E-state index in [1.165, 1.54) is 11.3 Å². The van der Waals surface area contributed by atoms with Gasteiger partial charge in [-0.2, -0.15) is 0 Å². The molecule has 0 aliphatic carbocycles. The minimum atomic E-state index is -0.545. The summed E-state index contributed by atoms with van der Waals surface area (Å²) in [6, 6.07) is 24.7. The maximum Gasteiger partial charge on any atom is 0.0900 e. The number of rotatable bonds is 12. The Morgan fingerprint density at radius 3 is 2.34 bits per heavy atom. The van der Waals surface area contributed by atoms with Crippen LogP contribution in [0.15, 0.2) is 91.6 Å². The molecule has 1 N–H and O–H groups in total.